The van der Waals surface area contributed by atoms with E-state index in [4.69, 9.17) is 9.47 Å². The van der Waals surface area contributed by atoms with Crippen LogP contribution in [0.4, 0.5) is 5.82 Å². The number of likely N-dealkylation sites (tertiary alicyclic amines) is 1. The summed E-state index contributed by atoms with van der Waals surface area (Å²) < 4.78 is 10.4. The maximum absolute atomic E-state index is 12.3. The lowest BCUT2D eigenvalue weighted by molar-refractivity contribution is -0.138. The molecule has 0 radical (unpaired) electrons. The highest BCUT2D eigenvalue weighted by molar-refractivity contribution is 5.77. The number of ether oxygens (including phenoxy) is 2. The molecule has 25 heavy (non-hydrogen) atoms. The second-order valence-electron chi connectivity index (χ2n) is 7.11. The summed E-state index contributed by atoms with van der Waals surface area (Å²) in [5.41, 5.74) is 0.164. The number of hydrogen-bond donors (Lipinski definition) is 0. The number of aromatic nitrogens is 2. The van der Waals surface area contributed by atoms with Crippen molar-refractivity contribution in [3.8, 4) is 5.88 Å². The molecule has 3 heterocycles. The van der Waals surface area contributed by atoms with Crippen LogP contribution in [-0.2, 0) is 9.53 Å². The molecule has 1 aromatic rings. The van der Waals surface area contributed by atoms with Crippen molar-refractivity contribution in [2.24, 2.45) is 5.41 Å². The normalized spacial score (nSPS) is 24.0. The molecule has 2 saturated heterocycles. The minimum Gasteiger partial charge on any atom is -0.481 e. The van der Waals surface area contributed by atoms with Crippen LogP contribution in [0.3, 0.4) is 0 Å². The summed E-state index contributed by atoms with van der Waals surface area (Å²) in [4.78, 5) is 25.2. The summed E-state index contributed by atoms with van der Waals surface area (Å²) in [6.45, 7) is 4.24. The van der Waals surface area contributed by atoms with E-state index >= 15 is 0 Å². The first kappa shape index (κ1) is 17.9. The molecule has 0 bridgehead atoms. The number of nitrogens with zero attached hydrogens (tertiary/aromatic N) is 4. The molecule has 7 nitrogen and oxygen atoms in total. The van der Waals surface area contributed by atoms with Gasteiger partial charge in [-0.1, -0.05) is 0 Å². The van der Waals surface area contributed by atoms with Gasteiger partial charge in [-0.2, -0.15) is 0 Å². The molecule has 2 fully saturated rings. The summed E-state index contributed by atoms with van der Waals surface area (Å²) in [6, 6.07) is 1.89. The van der Waals surface area contributed by atoms with Gasteiger partial charge < -0.3 is 19.3 Å². The minimum absolute atomic E-state index is 0.164. The van der Waals surface area contributed by atoms with Gasteiger partial charge in [0, 0.05) is 57.8 Å². The zero-order valence-corrected chi connectivity index (χ0v) is 15.2. The first-order valence-electron chi connectivity index (χ1n) is 9.03. The quantitative estimate of drug-likeness (QED) is 0.730. The van der Waals surface area contributed by atoms with Crippen LogP contribution in [0.5, 0.6) is 5.88 Å². The number of methoxy groups -OCH3 is 2. The highest BCUT2D eigenvalue weighted by Gasteiger charge is 2.41. The van der Waals surface area contributed by atoms with Crippen LogP contribution in [0.1, 0.15) is 32.1 Å². The van der Waals surface area contributed by atoms with Gasteiger partial charge in [-0.05, 0) is 25.7 Å². The van der Waals surface area contributed by atoms with Gasteiger partial charge in [-0.15, -0.1) is 0 Å². The van der Waals surface area contributed by atoms with E-state index in [2.05, 4.69) is 14.9 Å². The predicted molar refractivity (Wildman–Crippen MR) is 94.8 cm³/mol. The Hall–Kier alpha value is -1.89. The number of rotatable bonds is 6. The number of piperidine rings is 2. The average Bonchev–Trinajstić information content (AvgIpc) is 2.65. The van der Waals surface area contributed by atoms with Gasteiger partial charge >= 0.3 is 0 Å². The van der Waals surface area contributed by atoms with Crippen molar-refractivity contribution in [1.82, 2.24) is 14.9 Å². The molecule has 7 heteroatoms. The van der Waals surface area contributed by atoms with Gasteiger partial charge in [-0.3, -0.25) is 4.79 Å². The second kappa shape index (κ2) is 7.99. The van der Waals surface area contributed by atoms with Crippen LogP contribution in [0.2, 0.25) is 0 Å². The molecule has 138 valence electrons. The maximum atomic E-state index is 12.3. The van der Waals surface area contributed by atoms with E-state index in [1.807, 2.05) is 11.0 Å². The Balaban J connectivity index is 1.69. The molecule has 2 aliphatic heterocycles. The van der Waals surface area contributed by atoms with Crippen molar-refractivity contribution in [2.45, 2.75) is 32.1 Å². The van der Waals surface area contributed by atoms with Gasteiger partial charge in [0.25, 0.3) is 0 Å². The van der Waals surface area contributed by atoms with E-state index in [0.29, 0.717) is 18.9 Å². The average molecular weight is 348 g/mol. The number of carbonyl (C=O) groups is 1. The number of hydrogen-bond acceptors (Lipinski definition) is 6. The van der Waals surface area contributed by atoms with Crippen LogP contribution in [0.15, 0.2) is 12.4 Å². The summed E-state index contributed by atoms with van der Waals surface area (Å²) in [5.74, 6) is 1.78. The van der Waals surface area contributed by atoms with Gasteiger partial charge in [0.05, 0.1) is 7.11 Å². The van der Waals surface area contributed by atoms with Crippen molar-refractivity contribution in [2.75, 3.05) is 51.9 Å². The van der Waals surface area contributed by atoms with Crippen LogP contribution >= 0.6 is 0 Å². The monoisotopic (exact) mass is 348 g/mol. The molecule has 3 rings (SSSR count). The smallest absolute Gasteiger partial charge is 0.222 e. The standard InChI is InChI=1S/C18H28N4O3/c1-24-10-4-9-22-13-18(7-5-17(22)23)6-3-8-21(12-18)15-11-16(25-2)20-14-19-15/h11,14H,3-10,12-13H2,1-2H3/t18-/m1/s1. The molecule has 1 spiro atoms. The van der Waals surface area contributed by atoms with E-state index in [1.165, 1.54) is 6.42 Å². The van der Waals surface area contributed by atoms with E-state index in [-0.39, 0.29) is 11.3 Å². The molecule has 0 N–H and O–H groups in total. The maximum Gasteiger partial charge on any atom is 0.222 e. The predicted octanol–water partition coefficient (Wildman–Crippen LogP) is 1.73. The Labute approximate surface area is 149 Å². The Morgan fingerprint density at radius 3 is 2.92 bits per heavy atom. The number of anilines is 1. The fourth-order valence-electron chi connectivity index (χ4n) is 4.06. The molecule has 0 unspecified atom stereocenters. The second-order valence-corrected chi connectivity index (χ2v) is 7.11. The molecule has 1 amide bonds. The first-order valence-corrected chi connectivity index (χ1v) is 9.03. The zero-order chi connectivity index (χ0) is 17.7. The Bertz CT molecular complexity index is 597. The van der Waals surface area contributed by atoms with Gasteiger partial charge in [0.15, 0.2) is 0 Å². The van der Waals surface area contributed by atoms with Crippen LogP contribution in [0, 0.1) is 5.41 Å². The molecule has 0 aromatic carbocycles. The summed E-state index contributed by atoms with van der Waals surface area (Å²) >= 11 is 0. The third-order valence-electron chi connectivity index (χ3n) is 5.35. The lowest BCUT2D eigenvalue weighted by Crippen LogP contribution is -2.54. The van der Waals surface area contributed by atoms with Crippen molar-refractivity contribution < 1.29 is 14.3 Å². The molecular weight excluding hydrogens is 320 g/mol. The Morgan fingerprint density at radius 1 is 1.24 bits per heavy atom. The van der Waals surface area contributed by atoms with E-state index in [1.54, 1.807) is 20.5 Å². The Morgan fingerprint density at radius 2 is 2.12 bits per heavy atom. The molecule has 1 aromatic heterocycles. The van der Waals surface area contributed by atoms with E-state index in [0.717, 1.165) is 51.3 Å². The van der Waals surface area contributed by atoms with Crippen LogP contribution in [0.25, 0.3) is 0 Å². The zero-order valence-electron chi connectivity index (χ0n) is 15.2. The SMILES string of the molecule is COCCCN1C[C@]2(CCCN(c3cc(OC)ncn3)C2)CCC1=O. The van der Waals surface area contributed by atoms with Crippen molar-refractivity contribution in [3.63, 3.8) is 0 Å². The van der Waals surface area contributed by atoms with Crippen LogP contribution in [-0.4, -0.2) is 67.8 Å². The van der Waals surface area contributed by atoms with Gasteiger partial charge in [-0.25, -0.2) is 9.97 Å². The highest BCUT2D eigenvalue weighted by Crippen LogP contribution is 2.40. The topological polar surface area (TPSA) is 67.8 Å². The van der Waals surface area contributed by atoms with Crippen molar-refractivity contribution in [1.29, 1.82) is 0 Å². The molecule has 0 saturated carbocycles. The third-order valence-corrected chi connectivity index (χ3v) is 5.35. The minimum atomic E-state index is 0.164. The first-order chi connectivity index (χ1) is 12.2. The van der Waals surface area contributed by atoms with Crippen molar-refractivity contribution in [3.05, 3.63) is 12.4 Å². The lowest BCUT2D eigenvalue weighted by atomic mass is 9.73. The summed E-state index contributed by atoms with van der Waals surface area (Å²) in [5, 5.41) is 0. The van der Waals surface area contributed by atoms with Crippen LogP contribution < -0.4 is 9.64 Å². The van der Waals surface area contributed by atoms with E-state index < -0.39 is 0 Å². The van der Waals surface area contributed by atoms with E-state index in [9.17, 15) is 4.79 Å². The molecular formula is C18H28N4O3. The molecule has 1 atom stereocenters. The summed E-state index contributed by atoms with van der Waals surface area (Å²) in [7, 11) is 3.32. The van der Waals surface area contributed by atoms with Crippen molar-refractivity contribution >= 4 is 11.7 Å². The fraction of sp³-hybridized carbons (Fsp3) is 0.722. The van der Waals surface area contributed by atoms with Gasteiger partial charge in [0.2, 0.25) is 11.8 Å². The highest BCUT2D eigenvalue weighted by atomic mass is 16.5. The Kier molecular flexibility index (Phi) is 5.73. The number of amides is 1. The molecule has 0 aliphatic carbocycles. The molecule has 2 aliphatic rings. The third kappa shape index (κ3) is 4.21. The lowest BCUT2D eigenvalue weighted by Gasteiger charge is -2.48. The fourth-order valence-corrected chi connectivity index (χ4v) is 4.06. The largest absolute Gasteiger partial charge is 0.481 e. The number of carbonyl (C=O) groups excluding carboxylic acids is 1. The van der Waals surface area contributed by atoms with Gasteiger partial charge in [0.1, 0.15) is 12.1 Å². The summed E-state index contributed by atoms with van der Waals surface area (Å²) in [6.07, 6.45) is 6.34.